The van der Waals surface area contributed by atoms with Gasteiger partial charge in [-0.25, -0.2) is 0 Å². The van der Waals surface area contributed by atoms with Gasteiger partial charge in [-0.3, -0.25) is 14.4 Å². The highest BCUT2D eigenvalue weighted by atomic mass is 32.1. The van der Waals surface area contributed by atoms with Crippen molar-refractivity contribution in [3.8, 4) is 0 Å². The van der Waals surface area contributed by atoms with Crippen LogP contribution in [0, 0.1) is 5.92 Å². The Labute approximate surface area is 178 Å². The van der Waals surface area contributed by atoms with E-state index in [9.17, 15) is 14.4 Å². The molecule has 0 aliphatic heterocycles. The molecular formula is C23H21N3O3S. The molecule has 1 aliphatic rings. The van der Waals surface area contributed by atoms with E-state index < -0.39 is 0 Å². The second-order valence-electron chi connectivity index (χ2n) is 7.16. The molecule has 0 bridgehead atoms. The average Bonchev–Trinajstić information content (AvgIpc) is 3.46. The standard InChI is InChI=1S/C23H21N3O3S/c27-21(17-5-2-7-19(13-17)26-23(29)20-8-3-11-30-20)24-14-15-4-1-6-18(12-15)25-22(28)16-9-10-16/h1-8,11-13,16H,9-10,14H2,(H,24,27)(H,25,28)(H,26,29). The van der Waals surface area contributed by atoms with E-state index in [0.29, 0.717) is 22.7 Å². The second kappa shape index (κ2) is 8.92. The SMILES string of the molecule is O=C(NCc1cccc(NC(=O)C2CC2)c1)c1cccc(NC(=O)c2cccs2)c1. The summed E-state index contributed by atoms with van der Waals surface area (Å²) >= 11 is 1.36. The van der Waals surface area contributed by atoms with Gasteiger partial charge in [0, 0.05) is 29.4 Å². The molecule has 1 aromatic heterocycles. The molecule has 0 spiro atoms. The maximum Gasteiger partial charge on any atom is 0.265 e. The summed E-state index contributed by atoms with van der Waals surface area (Å²) in [6.45, 7) is 0.331. The van der Waals surface area contributed by atoms with Crippen LogP contribution in [-0.2, 0) is 11.3 Å². The van der Waals surface area contributed by atoms with E-state index in [1.807, 2.05) is 35.7 Å². The molecule has 0 radical (unpaired) electrons. The van der Waals surface area contributed by atoms with Gasteiger partial charge in [-0.05, 0) is 60.2 Å². The first kappa shape index (κ1) is 19.8. The molecule has 0 saturated heterocycles. The first-order valence-corrected chi connectivity index (χ1v) is 10.6. The maximum atomic E-state index is 12.6. The van der Waals surface area contributed by atoms with Crippen LogP contribution in [0.25, 0.3) is 0 Å². The van der Waals surface area contributed by atoms with E-state index in [1.54, 1.807) is 30.3 Å². The van der Waals surface area contributed by atoms with Crippen LogP contribution in [-0.4, -0.2) is 17.7 Å². The molecule has 4 rings (SSSR count). The monoisotopic (exact) mass is 419 g/mol. The van der Waals surface area contributed by atoms with Gasteiger partial charge in [-0.2, -0.15) is 0 Å². The van der Waals surface area contributed by atoms with Gasteiger partial charge in [0.15, 0.2) is 0 Å². The lowest BCUT2D eigenvalue weighted by Gasteiger charge is -2.10. The molecule has 152 valence electrons. The van der Waals surface area contributed by atoms with Gasteiger partial charge in [0.25, 0.3) is 11.8 Å². The van der Waals surface area contributed by atoms with Crippen molar-refractivity contribution in [3.05, 3.63) is 82.0 Å². The Kier molecular flexibility index (Phi) is 5.90. The first-order chi connectivity index (χ1) is 14.6. The third-order valence-electron chi connectivity index (χ3n) is 4.72. The van der Waals surface area contributed by atoms with E-state index in [1.165, 1.54) is 11.3 Å². The molecule has 1 heterocycles. The smallest absolute Gasteiger partial charge is 0.265 e. The molecule has 7 heteroatoms. The van der Waals surface area contributed by atoms with E-state index in [2.05, 4.69) is 16.0 Å². The minimum absolute atomic E-state index is 0.0533. The van der Waals surface area contributed by atoms with Gasteiger partial charge in [0.05, 0.1) is 4.88 Å². The molecule has 3 amide bonds. The van der Waals surface area contributed by atoms with Crippen molar-refractivity contribution in [1.29, 1.82) is 0 Å². The number of hydrogen-bond acceptors (Lipinski definition) is 4. The average molecular weight is 420 g/mol. The highest BCUT2D eigenvalue weighted by molar-refractivity contribution is 7.12. The fraction of sp³-hybridized carbons (Fsp3) is 0.174. The molecule has 0 unspecified atom stereocenters. The van der Waals surface area contributed by atoms with Crippen LogP contribution in [0.1, 0.15) is 38.4 Å². The summed E-state index contributed by atoms with van der Waals surface area (Å²) in [4.78, 5) is 37.3. The largest absolute Gasteiger partial charge is 0.348 e. The molecular weight excluding hydrogens is 398 g/mol. The van der Waals surface area contributed by atoms with Crippen LogP contribution in [0.15, 0.2) is 66.0 Å². The van der Waals surface area contributed by atoms with E-state index in [4.69, 9.17) is 0 Å². The van der Waals surface area contributed by atoms with Gasteiger partial charge in [-0.1, -0.05) is 24.3 Å². The zero-order valence-electron chi connectivity index (χ0n) is 16.2. The number of carbonyl (C=O) groups excluding carboxylic acids is 3. The summed E-state index contributed by atoms with van der Waals surface area (Å²) in [5, 5.41) is 10.4. The van der Waals surface area contributed by atoms with Crippen LogP contribution >= 0.6 is 11.3 Å². The third-order valence-corrected chi connectivity index (χ3v) is 5.59. The van der Waals surface area contributed by atoms with Crippen LogP contribution in [0.4, 0.5) is 11.4 Å². The number of carbonyl (C=O) groups is 3. The number of benzene rings is 2. The Morgan fingerprint density at radius 3 is 2.37 bits per heavy atom. The van der Waals surface area contributed by atoms with Gasteiger partial charge in [0.2, 0.25) is 5.91 Å². The summed E-state index contributed by atoms with van der Waals surface area (Å²) in [6, 6.07) is 17.8. The molecule has 1 saturated carbocycles. The van der Waals surface area contributed by atoms with Gasteiger partial charge in [-0.15, -0.1) is 11.3 Å². The number of rotatable bonds is 7. The lowest BCUT2D eigenvalue weighted by atomic mass is 10.1. The van der Waals surface area contributed by atoms with E-state index >= 15 is 0 Å². The summed E-state index contributed by atoms with van der Waals surface area (Å²) in [5.41, 5.74) is 2.64. The molecule has 3 N–H and O–H groups in total. The van der Waals surface area contributed by atoms with Crippen LogP contribution in [0.5, 0.6) is 0 Å². The fourth-order valence-electron chi connectivity index (χ4n) is 2.97. The van der Waals surface area contributed by atoms with Gasteiger partial charge >= 0.3 is 0 Å². The van der Waals surface area contributed by atoms with Crippen molar-refractivity contribution < 1.29 is 14.4 Å². The zero-order chi connectivity index (χ0) is 20.9. The molecule has 1 aliphatic carbocycles. The minimum atomic E-state index is -0.241. The maximum absolute atomic E-state index is 12.6. The molecule has 30 heavy (non-hydrogen) atoms. The summed E-state index contributed by atoms with van der Waals surface area (Å²) in [6.07, 6.45) is 1.91. The van der Waals surface area contributed by atoms with E-state index in [0.717, 1.165) is 24.1 Å². The van der Waals surface area contributed by atoms with Crippen molar-refractivity contribution in [2.45, 2.75) is 19.4 Å². The molecule has 3 aromatic rings. The summed E-state index contributed by atoms with van der Waals surface area (Å²) in [5.74, 6) is -0.249. The second-order valence-corrected chi connectivity index (χ2v) is 8.11. The van der Waals surface area contributed by atoms with Crippen LogP contribution < -0.4 is 16.0 Å². The molecule has 2 aromatic carbocycles. The Morgan fingerprint density at radius 1 is 0.867 bits per heavy atom. The fourth-order valence-corrected chi connectivity index (χ4v) is 3.59. The normalized spacial score (nSPS) is 12.8. The molecule has 1 fully saturated rings. The lowest BCUT2D eigenvalue weighted by Crippen LogP contribution is -2.23. The molecule has 6 nitrogen and oxygen atoms in total. The number of nitrogens with one attached hydrogen (secondary N) is 3. The van der Waals surface area contributed by atoms with Crippen molar-refractivity contribution >= 4 is 40.4 Å². The Balaban J connectivity index is 1.35. The topological polar surface area (TPSA) is 87.3 Å². The highest BCUT2D eigenvalue weighted by Gasteiger charge is 2.29. The molecule has 0 atom stereocenters. The quantitative estimate of drug-likeness (QED) is 0.534. The third kappa shape index (κ3) is 5.12. The van der Waals surface area contributed by atoms with Crippen molar-refractivity contribution in [2.75, 3.05) is 10.6 Å². The Morgan fingerprint density at radius 2 is 1.63 bits per heavy atom. The van der Waals surface area contributed by atoms with E-state index in [-0.39, 0.29) is 23.6 Å². The van der Waals surface area contributed by atoms with Crippen molar-refractivity contribution in [3.63, 3.8) is 0 Å². The van der Waals surface area contributed by atoms with Crippen LogP contribution in [0.2, 0.25) is 0 Å². The van der Waals surface area contributed by atoms with Gasteiger partial charge < -0.3 is 16.0 Å². The Bertz CT molecular complexity index is 1070. The lowest BCUT2D eigenvalue weighted by molar-refractivity contribution is -0.117. The predicted molar refractivity (Wildman–Crippen MR) is 118 cm³/mol. The number of thiophene rings is 1. The summed E-state index contributed by atoms with van der Waals surface area (Å²) in [7, 11) is 0. The number of amides is 3. The summed E-state index contributed by atoms with van der Waals surface area (Å²) < 4.78 is 0. The van der Waals surface area contributed by atoms with Crippen molar-refractivity contribution in [1.82, 2.24) is 5.32 Å². The minimum Gasteiger partial charge on any atom is -0.348 e. The Hall–Kier alpha value is -3.45. The predicted octanol–water partition coefficient (Wildman–Crippen LogP) is 4.28. The van der Waals surface area contributed by atoms with Crippen LogP contribution in [0.3, 0.4) is 0 Å². The highest BCUT2D eigenvalue weighted by Crippen LogP contribution is 2.30. The first-order valence-electron chi connectivity index (χ1n) is 9.71. The van der Waals surface area contributed by atoms with Crippen molar-refractivity contribution in [2.24, 2.45) is 5.92 Å². The zero-order valence-corrected chi connectivity index (χ0v) is 17.0. The number of anilines is 2. The number of hydrogen-bond donors (Lipinski definition) is 3. The van der Waals surface area contributed by atoms with Gasteiger partial charge in [0.1, 0.15) is 0 Å².